The quantitative estimate of drug-likeness (QED) is 0.0222. The molecule has 0 aliphatic rings. The van der Waals surface area contributed by atoms with E-state index in [1.807, 2.05) is 0 Å². The third kappa shape index (κ3) is 68.4. The van der Waals surface area contributed by atoms with Gasteiger partial charge < -0.3 is 33.8 Å². The normalized spacial score (nSPS) is 14.1. The Hall–Kier alpha value is -1.94. The van der Waals surface area contributed by atoms with Gasteiger partial charge >= 0.3 is 39.5 Å². The van der Waals surface area contributed by atoms with Gasteiger partial charge in [-0.25, -0.2) is 9.13 Å². The molecule has 5 atom stereocenters. The second-order valence-corrected chi connectivity index (χ2v) is 31.0. The van der Waals surface area contributed by atoms with Crippen molar-refractivity contribution in [1.29, 1.82) is 0 Å². The van der Waals surface area contributed by atoms with E-state index in [1.54, 1.807) is 0 Å². The van der Waals surface area contributed by atoms with Crippen LogP contribution in [0.25, 0.3) is 0 Å². The van der Waals surface area contributed by atoms with Gasteiger partial charge in [-0.3, -0.25) is 37.3 Å². The minimum atomic E-state index is -4.96. The number of ether oxygens (including phenoxy) is 4. The van der Waals surface area contributed by atoms with Crippen molar-refractivity contribution in [2.24, 2.45) is 17.8 Å². The fourth-order valence-corrected chi connectivity index (χ4v) is 12.8. The number of aliphatic hydroxyl groups is 1. The molecular weight excluding hydrogens is 1220 g/mol. The van der Waals surface area contributed by atoms with Crippen LogP contribution in [0, 0.1) is 17.8 Å². The van der Waals surface area contributed by atoms with Crippen molar-refractivity contribution >= 4 is 39.5 Å². The summed E-state index contributed by atoms with van der Waals surface area (Å²) in [7, 11) is -9.91. The molecule has 0 spiro atoms. The topological polar surface area (TPSA) is 237 Å². The van der Waals surface area contributed by atoms with Gasteiger partial charge in [0.15, 0.2) is 12.2 Å². The molecule has 0 saturated carbocycles. The monoisotopic (exact) mass is 1370 g/mol. The number of hydrogen-bond acceptors (Lipinski definition) is 15. The predicted octanol–water partition coefficient (Wildman–Crippen LogP) is 21.4. The molecular formula is C74H144O17P2. The van der Waals surface area contributed by atoms with Gasteiger partial charge in [0.25, 0.3) is 0 Å². The van der Waals surface area contributed by atoms with Crippen LogP contribution in [0.5, 0.6) is 0 Å². The Balaban J connectivity index is 5.20. The maximum Gasteiger partial charge on any atom is 0.472 e. The fraction of sp³-hybridized carbons (Fsp3) is 0.946. The van der Waals surface area contributed by atoms with E-state index in [0.29, 0.717) is 31.6 Å². The SMILES string of the molecule is CCCCCCCCCCCCCCCCCCCCCCC(=O)O[C@H](COC(=O)CCCCCCCCCCCC(C)C)COP(=O)(O)OC[C@@H](O)COP(=O)(O)OC[C@@H](COC(=O)CCCCCCCCCC(C)C)OC(=O)CCCCCCCCCCC(C)C. The molecule has 2 unspecified atom stereocenters. The average Bonchev–Trinajstić information content (AvgIpc) is 3.72. The van der Waals surface area contributed by atoms with E-state index in [4.69, 9.17) is 37.0 Å². The number of rotatable bonds is 72. The molecule has 552 valence electrons. The molecule has 0 saturated heterocycles. The molecule has 0 rings (SSSR count). The van der Waals surface area contributed by atoms with E-state index in [1.165, 1.54) is 180 Å². The van der Waals surface area contributed by atoms with E-state index in [-0.39, 0.29) is 25.7 Å². The molecule has 0 aromatic heterocycles. The number of carbonyl (C=O) groups is 4. The molecule has 0 heterocycles. The lowest BCUT2D eigenvalue weighted by molar-refractivity contribution is -0.161. The van der Waals surface area contributed by atoms with Crippen LogP contribution in [0.2, 0.25) is 0 Å². The number of carbonyl (C=O) groups excluding carboxylic acids is 4. The predicted molar refractivity (Wildman–Crippen MR) is 377 cm³/mol. The molecule has 0 aromatic carbocycles. The van der Waals surface area contributed by atoms with Gasteiger partial charge in [-0.2, -0.15) is 0 Å². The van der Waals surface area contributed by atoms with Crippen LogP contribution in [-0.4, -0.2) is 96.7 Å². The van der Waals surface area contributed by atoms with Crippen molar-refractivity contribution in [3.05, 3.63) is 0 Å². The average molecular weight is 1370 g/mol. The van der Waals surface area contributed by atoms with Crippen LogP contribution in [0.15, 0.2) is 0 Å². The van der Waals surface area contributed by atoms with Crippen LogP contribution in [0.3, 0.4) is 0 Å². The Morgan fingerprint density at radius 1 is 0.290 bits per heavy atom. The second-order valence-electron chi connectivity index (χ2n) is 28.1. The highest BCUT2D eigenvalue weighted by atomic mass is 31.2. The van der Waals surface area contributed by atoms with E-state index < -0.39 is 97.5 Å². The van der Waals surface area contributed by atoms with Crippen LogP contribution in [-0.2, 0) is 65.4 Å². The summed E-state index contributed by atoms with van der Waals surface area (Å²) in [5, 5.41) is 10.6. The number of aliphatic hydroxyl groups excluding tert-OH is 1. The summed E-state index contributed by atoms with van der Waals surface area (Å²) in [6.45, 7) is 11.8. The van der Waals surface area contributed by atoms with Gasteiger partial charge in [-0.15, -0.1) is 0 Å². The van der Waals surface area contributed by atoms with E-state index >= 15 is 0 Å². The minimum Gasteiger partial charge on any atom is -0.462 e. The van der Waals surface area contributed by atoms with Crippen LogP contribution in [0.1, 0.15) is 376 Å². The van der Waals surface area contributed by atoms with E-state index in [2.05, 4.69) is 48.5 Å². The summed E-state index contributed by atoms with van der Waals surface area (Å²) in [5.41, 5.74) is 0. The van der Waals surface area contributed by atoms with Gasteiger partial charge in [-0.1, -0.05) is 325 Å². The summed E-state index contributed by atoms with van der Waals surface area (Å²) in [6, 6.07) is 0. The molecule has 17 nitrogen and oxygen atoms in total. The van der Waals surface area contributed by atoms with Gasteiger partial charge in [0.05, 0.1) is 26.4 Å². The molecule has 0 radical (unpaired) electrons. The zero-order valence-electron chi connectivity index (χ0n) is 60.7. The number of esters is 4. The first-order chi connectivity index (χ1) is 44.7. The van der Waals surface area contributed by atoms with E-state index in [9.17, 15) is 43.2 Å². The first kappa shape index (κ1) is 91.1. The smallest absolute Gasteiger partial charge is 0.462 e. The summed E-state index contributed by atoms with van der Waals surface area (Å²) in [5.74, 6) is 0.0421. The van der Waals surface area contributed by atoms with Crippen LogP contribution >= 0.6 is 15.6 Å². The van der Waals surface area contributed by atoms with Gasteiger partial charge in [-0.05, 0) is 43.4 Å². The van der Waals surface area contributed by atoms with Crippen molar-refractivity contribution in [3.63, 3.8) is 0 Å². The third-order valence-corrected chi connectivity index (χ3v) is 19.0. The molecule has 93 heavy (non-hydrogen) atoms. The number of phosphoric ester groups is 2. The fourth-order valence-electron chi connectivity index (χ4n) is 11.2. The highest BCUT2D eigenvalue weighted by molar-refractivity contribution is 7.47. The largest absolute Gasteiger partial charge is 0.472 e. The molecule has 0 aliphatic carbocycles. The molecule has 0 aromatic rings. The van der Waals surface area contributed by atoms with Gasteiger partial charge in [0, 0.05) is 25.7 Å². The zero-order valence-corrected chi connectivity index (χ0v) is 62.5. The summed E-state index contributed by atoms with van der Waals surface area (Å²) in [4.78, 5) is 72.7. The molecule has 0 amide bonds. The lowest BCUT2D eigenvalue weighted by Crippen LogP contribution is -2.30. The van der Waals surface area contributed by atoms with Crippen LogP contribution < -0.4 is 0 Å². The Morgan fingerprint density at radius 3 is 0.731 bits per heavy atom. The number of phosphoric acid groups is 2. The third-order valence-electron chi connectivity index (χ3n) is 17.1. The standard InChI is InChI=1S/C74H144O17P2/c1-8-9-10-11-12-13-14-15-16-17-18-19-20-21-22-23-26-35-43-50-57-73(78)90-69(61-84-71(76)55-48-41-34-27-24-25-31-38-45-52-65(2)3)63-88-92(80,81)86-59-68(75)60-87-93(82,83)89-64-70(62-85-72(77)56-49-42-37-30-33-40-47-54-67(6)7)91-74(79)58-51-44-36-29-28-32-39-46-53-66(4)5/h65-70,75H,8-64H2,1-7H3,(H,80,81)(H,82,83)/t68-,69-,70-/m1/s1. The van der Waals surface area contributed by atoms with Crippen molar-refractivity contribution in [2.45, 2.75) is 394 Å². The van der Waals surface area contributed by atoms with Gasteiger partial charge in [0.1, 0.15) is 19.3 Å². The van der Waals surface area contributed by atoms with Crippen molar-refractivity contribution in [2.75, 3.05) is 39.6 Å². The van der Waals surface area contributed by atoms with Crippen LogP contribution in [0.4, 0.5) is 0 Å². The first-order valence-corrected chi connectivity index (χ1v) is 41.3. The lowest BCUT2D eigenvalue weighted by Gasteiger charge is -2.21. The molecule has 0 fully saturated rings. The first-order valence-electron chi connectivity index (χ1n) is 38.3. The molecule has 0 bridgehead atoms. The molecule has 19 heteroatoms. The Bertz CT molecular complexity index is 1820. The summed E-state index contributed by atoms with van der Waals surface area (Å²) in [6.07, 6.45) is 50.2. The van der Waals surface area contributed by atoms with Crippen molar-refractivity contribution in [1.82, 2.24) is 0 Å². The number of hydrogen-bond donors (Lipinski definition) is 3. The van der Waals surface area contributed by atoms with Gasteiger partial charge in [0.2, 0.25) is 0 Å². The highest BCUT2D eigenvalue weighted by Gasteiger charge is 2.30. The highest BCUT2D eigenvalue weighted by Crippen LogP contribution is 2.45. The van der Waals surface area contributed by atoms with Crippen molar-refractivity contribution < 1.29 is 80.2 Å². The maximum atomic E-state index is 13.1. The Morgan fingerprint density at radius 2 is 0.495 bits per heavy atom. The zero-order chi connectivity index (χ0) is 68.7. The Kier molecular flexibility index (Phi) is 63.4. The molecule has 0 aliphatic heterocycles. The lowest BCUT2D eigenvalue weighted by atomic mass is 10.0. The summed E-state index contributed by atoms with van der Waals surface area (Å²) >= 11 is 0. The number of unbranched alkanes of at least 4 members (excludes halogenated alkanes) is 40. The summed E-state index contributed by atoms with van der Waals surface area (Å²) < 4.78 is 68.4. The molecule has 3 N–H and O–H groups in total. The second kappa shape index (κ2) is 64.7. The minimum absolute atomic E-state index is 0.104. The van der Waals surface area contributed by atoms with Crippen molar-refractivity contribution in [3.8, 4) is 0 Å². The van der Waals surface area contributed by atoms with E-state index in [0.717, 1.165) is 108 Å². The Labute approximate surface area is 568 Å². The maximum absolute atomic E-state index is 13.1.